The fourth-order valence-corrected chi connectivity index (χ4v) is 0. The first-order chi connectivity index (χ1) is 7.37. The molecule has 0 N–H and O–H groups in total. The third kappa shape index (κ3) is 139. The second kappa shape index (κ2) is 36.0. The van der Waals surface area contributed by atoms with Crippen LogP contribution in [0.15, 0.2) is 0 Å². The van der Waals surface area contributed by atoms with Crippen LogP contribution < -0.4 is 0 Å². The molecule has 17 heavy (non-hydrogen) atoms. The predicted molar refractivity (Wildman–Crippen MR) is 91.2 cm³/mol. The van der Waals surface area contributed by atoms with E-state index in [-0.39, 0.29) is 23.9 Å². The van der Waals surface area contributed by atoms with Crippen LogP contribution in [0.25, 0.3) is 0 Å². The maximum absolute atomic E-state index is 4.68. The molecule has 0 aromatic carbocycles. The van der Waals surface area contributed by atoms with Gasteiger partial charge >= 0.3 is 23.9 Å². The zero-order valence-electron chi connectivity index (χ0n) is 13.0. The van der Waals surface area contributed by atoms with Crippen LogP contribution in [-0.2, 0) is 25.3 Å². The van der Waals surface area contributed by atoms with Crippen LogP contribution in [0.1, 0.15) is 55.4 Å². The van der Waals surface area contributed by atoms with E-state index < -0.39 is 0 Å². The SMILES string of the molecule is CC(C)C[S-].CC(C)C[S-].C[CH]C.C[CH]C.[Sn+2]. The molecule has 0 fully saturated rings. The Morgan fingerprint density at radius 3 is 0.765 bits per heavy atom. The standard InChI is InChI=1S/2C4H10S.2C3H7.Sn/c2*1-4(2)3-5;2*1-3-2;/h2*4-5H,3H2,1-2H3;2*3H,1-2H3;/q;;;;+2/p-2. The summed E-state index contributed by atoms with van der Waals surface area (Å²) in [7, 11) is 0. The van der Waals surface area contributed by atoms with Gasteiger partial charge in [0.15, 0.2) is 0 Å². The summed E-state index contributed by atoms with van der Waals surface area (Å²) in [6, 6.07) is 0. The van der Waals surface area contributed by atoms with Gasteiger partial charge in [0.1, 0.15) is 0 Å². The van der Waals surface area contributed by atoms with Crippen LogP contribution in [0.5, 0.6) is 0 Å². The molecule has 0 saturated heterocycles. The topological polar surface area (TPSA) is 0 Å². The molecule has 3 heteroatoms. The van der Waals surface area contributed by atoms with Crippen molar-refractivity contribution in [3.05, 3.63) is 12.8 Å². The molecule has 0 bridgehead atoms. The predicted octanol–water partition coefficient (Wildman–Crippen LogP) is 4.46. The summed E-state index contributed by atoms with van der Waals surface area (Å²) >= 11 is 9.35. The molecule has 0 spiro atoms. The van der Waals surface area contributed by atoms with Crippen molar-refractivity contribution in [2.45, 2.75) is 55.4 Å². The Kier molecular flexibility index (Phi) is 65.9. The van der Waals surface area contributed by atoms with Crippen molar-refractivity contribution < 1.29 is 0 Å². The van der Waals surface area contributed by atoms with E-state index in [9.17, 15) is 0 Å². The second-order valence-corrected chi connectivity index (χ2v) is 4.94. The molecule has 0 aromatic heterocycles. The first-order valence-electron chi connectivity index (χ1n) is 6.01. The fourth-order valence-electron chi connectivity index (χ4n) is 0. The average molecular weight is 383 g/mol. The van der Waals surface area contributed by atoms with Crippen molar-refractivity contribution in [2.24, 2.45) is 11.8 Å². The van der Waals surface area contributed by atoms with Gasteiger partial charge in [0.25, 0.3) is 0 Å². The van der Waals surface area contributed by atoms with Gasteiger partial charge in [0.2, 0.25) is 0 Å². The van der Waals surface area contributed by atoms with Gasteiger partial charge in [0, 0.05) is 0 Å². The van der Waals surface area contributed by atoms with Gasteiger partial charge in [0.05, 0.1) is 0 Å². The quantitative estimate of drug-likeness (QED) is 0.510. The van der Waals surface area contributed by atoms with Crippen LogP contribution >= 0.6 is 0 Å². The van der Waals surface area contributed by atoms with Crippen LogP contribution in [0.4, 0.5) is 0 Å². The van der Waals surface area contributed by atoms with Crippen LogP contribution in [0.2, 0.25) is 0 Å². The van der Waals surface area contributed by atoms with E-state index in [0.29, 0.717) is 11.8 Å². The molecule has 0 aliphatic heterocycles. The van der Waals surface area contributed by atoms with E-state index in [1.165, 1.54) is 0 Å². The normalized spacial score (nSPS) is 7.76. The van der Waals surface area contributed by atoms with Gasteiger partial charge in [-0.1, -0.05) is 67.2 Å². The molecule has 0 aromatic rings. The van der Waals surface area contributed by atoms with Crippen molar-refractivity contribution in [2.75, 3.05) is 11.5 Å². The molecule has 0 heterocycles. The van der Waals surface area contributed by atoms with Crippen molar-refractivity contribution in [3.63, 3.8) is 0 Å². The summed E-state index contributed by atoms with van der Waals surface area (Å²) in [5.74, 6) is 3.18. The van der Waals surface area contributed by atoms with Gasteiger partial charge in [-0.15, -0.1) is 0 Å². The maximum Gasteiger partial charge on any atom is 2.00 e. The van der Waals surface area contributed by atoms with Gasteiger partial charge in [-0.2, -0.15) is 11.5 Å². The summed E-state index contributed by atoms with van der Waals surface area (Å²) in [5.41, 5.74) is 0. The van der Waals surface area contributed by atoms with E-state index in [2.05, 4.69) is 53.0 Å². The van der Waals surface area contributed by atoms with Crippen LogP contribution in [-0.4, -0.2) is 35.4 Å². The molecule has 0 aliphatic rings. The molecular weight excluding hydrogens is 351 g/mol. The van der Waals surface area contributed by atoms with E-state index in [1.54, 1.807) is 0 Å². The van der Waals surface area contributed by atoms with Gasteiger partial charge in [-0.05, 0) is 12.8 Å². The third-order valence-corrected chi connectivity index (χ3v) is 2.00. The van der Waals surface area contributed by atoms with Crippen molar-refractivity contribution >= 4 is 49.2 Å². The molecule has 0 aliphatic carbocycles. The minimum Gasteiger partial charge on any atom is -0.792 e. The Morgan fingerprint density at radius 1 is 0.706 bits per heavy atom. The zero-order chi connectivity index (χ0) is 14.0. The summed E-state index contributed by atoms with van der Waals surface area (Å²) in [5, 5.41) is 0. The zero-order valence-corrected chi connectivity index (χ0v) is 17.5. The minimum absolute atomic E-state index is 0. The average Bonchev–Trinajstić information content (AvgIpc) is 2.21. The summed E-state index contributed by atoms with van der Waals surface area (Å²) in [6.07, 6.45) is 4.00. The molecule has 0 rings (SSSR count). The monoisotopic (exact) mass is 384 g/mol. The number of rotatable bonds is 2. The smallest absolute Gasteiger partial charge is 0.792 e. The molecule has 4 radical (unpaired) electrons. The van der Waals surface area contributed by atoms with Crippen molar-refractivity contribution in [1.82, 2.24) is 0 Å². The molecule has 0 unspecified atom stereocenters. The number of hydrogen-bond donors (Lipinski definition) is 0. The molecule has 104 valence electrons. The Hall–Kier alpha value is 1.50. The Bertz CT molecular complexity index is 66.6. The third-order valence-electron chi connectivity index (χ3n) is 0.667. The van der Waals surface area contributed by atoms with E-state index in [1.807, 2.05) is 40.5 Å². The van der Waals surface area contributed by atoms with Gasteiger partial charge in [-0.3, -0.25) is 0 Å². The maximum atomic E-state index is 4.68. The largest absolute Gasteiger partial charge is 2.00 e. The molecule has 0 nitrogen and oxygen atoms in total. The first-order valence-corrected chi connectivity index (χ1v) is 7.17. The minimum atomic E-state index is 0. The Morgan fingerprint density at radius 2 is 0.765 bits per heavy atom. The molecule has 0 atom stereocenters. The van der Waals surface area contributed by atoms with Crippen LogP contribution in [0, 0.1) is 24.7 Å². The second-order valence-electron chi connectivity index (χ2n) is 4.28. The molecule has 0 saturated carbocycles. The Balaban J connectivity index is -0.0000000381. The van der Waals surface area contributed by atoms with Gasteiger partial charge in [-0.25, -0.2) is 0 Å². The van der Waals surface area contributed by atoms with Gasteiger partial charge < -0.3 is 25.3 Å². The van der Waals surface area contributed by atoms with E-state index in [0.717, 1.165) is 11.5 Å². The Labute approximate surface area is 140 Å². The molecular formula is C14H32S2Sn. The van der Waals surface area contributed by atoms with E-state index in [4.69, 9.17) is 0 Å². The van der Waals surface area contributed by atoms with Crippen LogP contribution in [0.3, 0.4) is 0 Å². The fraction of sp³-hybridized carbons (Fsp3) is 0.857. The van der Waals surface area contributed by atoms with Crippen molar-refractivity contribution in [1.29, 1.82) is 0 Å². The van der Waals surface area contributed by atoms with E-state index >= 15 is 0 Å². The first kappa shape index (κ1) is 31.1. The summed E-state index contributed by atoms with van der Waals surface area (Å²) in [6.45, 7) is 16.5. The summed E-state index contributed by atoms with van der Waals surface area (Å²) in [4.78, 5) is 0. The van der Waals surface area contributed by atoms with Crippen molar-refractivity contribution in [3.8, 4) is 0 Å². The molecule has 0 amide bonds. The number of hydrogen-bond acceptors (Lipinski definition) is 2. The summed E-state index contributed by atoms with van der Waals surface area (Å²) < 4.78 is 0.